The summed E-state index contributed by atoms with van der Waals surface area (Å²) in [5.41, 5.74) is -4.73. The van der Waals surface area contributed by atoms with E-state index in [0.717, 1.165) is 12.1 Å². The third-order valence-corrected chi connectivity index (χ3v) is 5.52. The zero-order valence-electron chi connectivity index (χ0n) is 12.3. The van der Waals surface area contributed by atoms with Crippen molar-refractivity contribution in [2.24, 2.45) is 0 Å². The maximum Gasteiger partial charge on any atom is 0.475 e. The summed E-state index contributed by atoms with van der Waals surface area (Å²) in [6.45, 7) is 0. The quantitative estimate of drug-likeness (QED) is 0.735. The zero-order valence-corrected chi connectivity index (χ0v) is 13.9. The summed E-state index contributed by atoms with van der Waals surface area (Å²) < 4.78 is 81.0. The van der Waals surface area contributed by atoms with Crippen molar-refractivity contribution in [2.45, 2.75) is 15.5 Å². The van der Waals surface area contributed by atoms with Gasteiger partial charge in [-0.15, -0.1) is 0 Å². The van der Waals surface area contributed by atoms with E-state index in [1.165, 1.54) is 18.2 Å². The molecule has 0 aliphatic rings. The lowest BCUT2D eigenvalue weighted by Gasteiger charge is -2.09. The second-order valence-corrected chi connectivity index (χ2v) is 8.04. The van der Waals surface area contributed by atoms with Crippen LogP contribution in [-0.2, 0) is 20.8 Å². The molecule has 0 radical (unpaired) electrons. The molecule has 0 aliphatic heterocycles. The van der Waals surface area contributed by atoms with Gasteiger partial charge >= 0.3 is 5.51 Å². The lowest BCUT2D eigenvalue weighted by Crippen LogP contribution is -2.17. The van der Waals surface area contributed by atoms with Crippen molar-refractivity contribution in [1.82, 2.24) is 0 Å². The molecule has 1 heterocycles. The van der Waals surface area contributed by atoms with E-state index in [4.69, 9.17) is 4.42 Å². The van der Waals surface area contributed by atoms with Gasteiger partial charge in [0.2, 0.25) is 5.09 Å². The zero-order chi connectivity index (χ0) is 18.2. The van der Waals surface area contributed by atoms with E-state index in [-0.39, 0.29) is 10.8 Å². The minimum Gasteiger partial charge on any atom is -0.443 e. The third kappa shape index (κ3) is 3.69. The molecular formula is C15H10F3NO4S2. The van der Waals surface area contributed by atoms with E-state index < -0.39 is 31.2 Å². The Morgan fingerprint density at radius 2 is 1.72 bits per heavy atom. The molecule has 1 atom stereocenters. The van der Waals surface area contributed by atoms with Gasteiger partial charge < -0.3 is 4.42 Å². The number of halogens is 3. The lowest BCUT2D eigenvalue weighted by molar-refractivity contribution is -0.0384. The van der Waals surface area contributed by atoms with Crippen LogP contribution in [0, 0.1) is 0 Å². The van der Waals surface area contributed by atoms with Crippen molar-refractivity contribution in [2.75, 3.05) is 4.72 Å². The molecule has 0 amide bonds. The number of furan rings is 1. The third-order valence-electron chi connectivity index (χ3n) is 3.18. The van der Waals surface area contributed by atoms with Crippen LogP contribution in [0.4, 0.5) is 18.9 Å². The Morgan fingerprint density at radius 3 is 2.40 bits per heavy atom. The van der Waals surface area contributed by atoms with Gasteiger partial charge in [-0.05, 0) is 24.3 Å². The molecule has 10 heteroatoms. The average molecular weight is 389 g/mol. The summed E-state index contributed by atoms with van der Waals surface area (Å²) in [5, 5.41) is 0.186. The van der Waals surface area contributed by atoms with Crippen molar-refractivity contribution >= 4 is 37.5 Å². The maximum atomic E-state index is 12.5. The number of fused-ring (bicyclic) bond motifs is 1. The second-order valence-electron chi connectivity index (χ2n) is 4.95. The summed E-state index contributed by atoms with van der Waals surface area (Å²) in [6, 6.07) is 12.2. The normalized spacial score (nSPS) is 13.7. The van der Waals surface area contributed by atoms with Gasteiger partial charge in [0.15, 0.2) is 10.8 Å². The van der Waals surface area contributed by atoms with Gasteiger partial charge in [-0.2, -0.15) is 21.6 Å². The number of para-hydroxylation sites is 1. The molecule has 0 spiro atoms. The summed E-state index contributed by atoms with van der Waals surface area (Å²) in [7, 11) is -7.40. The van der Waals surface area contributed by atoms with Crippen molar-refractivity contribution in [3.8, 4) is 0 Å². The predicted molar refractivity (Wildman–Crippen MR) is 85.9 cm³/mol. The molecule has 0 saturated carbocycles. The summed E-state index contributed by atoms with van der Waals surface area (Å²) in [6.07, 6.45) is 0. The first kappa shape index (κ1) is 17.5. The van der Waals surface area contributed by atoms with Crippen LogP contribution in [0.2, 0.25) is 0 Å². The molecule has 3 rings (SSSR count). The van der Waals surface area contributed by atoms with E-state index in [9.17, 15) is 25.8 Å². The molecule has 0 saturated heterocycles. The first-order valence-corrected chi connectivity index (χ1v) is 9.40. The monoisotopic (exact) mass is 389 g/mol. The van der Waals surface area contributed by atoms with E-state index in [1.807, 2.05) is 0 Å². The minimum absolute atomic E-state index is 0.157. The molecule has 2 aromatic carbocycles. The molecule has 25 heavy (non-hydrogen) atoms. The van der Waals surface area contributed by atoms with Crippen LogP contribution in [0.15, 0.2) is 69.0 Å². The Balaban J connectivity index is 1.92. The van der Waals surface area contributed by atoms with Crippen LogP contribution < -0.4 is 4.72 Å². The molecule has 3 aromatic rings. The summed E-state index contributed by atoms with van der Waals surface area (Å²) >= 11 is 0. The van der Waals surface area contributed by atoms with Crippen LogP contribution in [0.25, 0.3) is 11.0 Å². The first-order chi connectivity index (χ1) is 11.7. The highest BCUT2D eigenvalue weighted by molar-refractivity contribution is 7.92. The minimum atomic E-state index is -4.93. The van der Waals surface area contributed by atoms with Crippen molar-refractivity contribution in [1.29, 1.82) is 0 Å². The van der Waals surface area contributed by atoms with Crippen LogP contribution in [0.3, 0.4) is 0 Å². The highest BCUT2D eigenvalue weighted by Gasteiger charge is 2.38. The number of hydrogen-bond acceptors (Lipinski definition) is 4. The molecular weight excluding hydrogens is 379 g/mol. The topological polar surface area (TPSA) is 76.4 Å². The SMILES string of the molecule is O=S(c1cccc(NS(=O)(=O)c2cc3ccccc3o2)c1)C(F)(F)F. The Bertz CT molecular complexity index is 1020. The Kier molecular flexibility index (Phi) is 4.33. The number of hydrogen-bond donors (Lipinski definition) is 1. The molecule has 5 nitrogen and oxygen atoms in total. The number of nitrogens with one attached hydrogen (secondary N) is 1. The molecule has 0 bridgehead atoms. The van der Waals surface area contributed by atoms with Gasteiger partial charge in [-0.1, -0.05) is 24.3 Å². The summed E-state index contributed by atoms with van der Waals surface area (Å²) in [5.74, 6) is 0. The van der Waals surface area contributed by atoms with Crippen LogP contribution in [-0.4, -0.2) is 18.1 Å². The average Bonchev–Trinajstić information content (AvgIpc) is 2.98. The Labute approximate surface area is 143 Å². The van der Waals surface area contributed by atoms with Gasteiger partial charge in [-0.3, -0.25) is 4.72 Å². The van der Waals surface area contributed by atoms with E-state index in [0.29, 0.717) is 11.0 Å². The maximum absolute atomic E-state index is 12.5. The van der Waals surface area contributed by atoms with Gasteiger partial charge in [0.05, 0.1) is 5.69 Å². The van der Waals surface area contributed by atoms with Crippen molar-refractivity contribution in [3.05, 3.63) is 54.6 Å². The fourth-order valence-electron chi connectivity index (χ4n) is 2.10. The van der Waals surface area contributed by atoms with E-state index in [2.05, 4.69) is 4.72 Å². The van der Waals surface area contributed by atoms with Crippen molar-refractivity contribution in [3.63, 3.8) is 0 Å². The smallest absolute Gasteiger partial charge is 0.443 e. The number of rotatable bonds is 4. The number of anilines is 1. The Morgan fingerprint density at radius 1 is 1.00 bits per heavy atom. The fourth-order valence-corrected chi connectivity index (χ4v) is 3.83. The predicted octanol–water partition coefficient (Wildman–Crippen LogP) is 3.86. The number of alkyl halides is 3. The first-order valence-electron chi connectivity index (χ1n) is 6.77. The van der Waals surface area contributed by atoms with Gasteiger partial charge in [0.1, 0.15) is 5.58 Å². The number of sulfonamides is 1. The van der Waals surface area contributed by atoms with Gasteiger partial charge in [-0.25, -0.2) is 4.21 Å². The molecule has 1 N–H and O–H groups in total. The lowest BCUT2D eigenvalue weighted by atomic mass is 10.3. The van der Waals surface area contributed by atoms with Gasteiger partial charge in [0, 0.05) is 16.3 Å². The van der Waals surface area contributed by atoms with Crippen LogP contribution in [0.1, 0.15) is 0 Å². The van der Waals surface area contributed by atoms with E-state index in [1.54, 1.807) is 24.3 Å². The molecule has 0 aliphatic carbocycles. The molecule has 1 aromatic heterocycles. The highest BCUT2D eigenvalue weighted by atomic mass is 32.2. The highest BCUT2D eigenvalue weighted by Crippen LogP contribution is 2.29. The number of benzene rings is 2. The molecule has 0 fully saturated rings. The van der Waals surface area contributed by atoms with Gasteiger partial charge in [0.25, 0.3) is 10.0 Å². The molecule has 132 valence electrons. The van der Waals surface area contributed by atoms with Crippen LogP contribution >= 0.6 is 0 Å². The second kappa shape index (κ2) is 6.19. The Hall–Kier alpha value is -2.33. The fraction of sp³-hybridized carbons (Fsp3) is 0.0667. The summed E-state index contributed by atoms with van der Waals surface area (Å²) in [4.78, 5) is -0.558. The largest absolute Gasteiger partial charge is 0.475 e. The standard InChI is InChI=1S/C15H10F3NO4S2/c16-15(17,18)24(20)12-6-3-5-11(9-12)19-25(21,22)14-8-10-4-1-2-7-13(10)23-14/h1-9,19H. The van der Waals surface area contributed by atoms with Crippen molar-refractivity contribution < 1.29 is 30.2 Å². The molecule has 1 unspecified atom stereocenters. The van der Waals surface area contributed by atoms with E-state index >= 15 is 0 Å². The van der Waals surface area contributed by atoms with Crippen LogP contribution in [0.5, 0.6) is 0 Å².